The first kappa shape index (κ1) is 25.0. The van der Waals surface area contributed by atoms with Crippen molar-refractivity contribution >= 4 is 5.91 Å². The SMILES string of the molecule is COC1COCCC1NC1CC[C@@]2(C1)C(=O)N1CCC(O)(c3ccccc3C(F)(F)F)CC1C2C. The number of rotatable bonds is 4. The molecule has 6 unspecified atom stereocenters. The van der Waals surface area contributed by atoms with Crippen molar-refractivity contribution in [3.05, 3.63) is 35.4 Å². The molecule has 4 aliphatic rings. The number of hydrogen-bond acceptors (Lipinski definition) is 5. The molecule has 1 aromatic carbocycles. The summed E-state index contributed by atoms with van der Waals surface area (Å²) in [7, 11) is 1.68. The molecular formula is C26H35F3N2O4. The topological polar surface area (TPSA) is 71.0 Å². The maximum Gasteiger partial charge on any atom is 0.416 e. The summed E-state index contributed by atoms with van der Waals surface area (Å²) in [5.41, 5.74) is -3.02. The van der Waals surface area contributed by atoms with Crippen LogP contribution in [0.25, 0.3) is 0 Å². The van der Waals surface area contributed by atoms with Gasteiger partial charge in [-0.25, -0.2) is 0 Å². The van der Waals surface area contributed by atoms with Gasteiger partial charge in [-0.15, -0.1) is 0 Å². The summed E-state index contributed by atoms with van der Waals surface area (Å²) in [5.74, 6) is 0.0420. The molecule has 3 heterocycles. The number of nitrogens with zero attached hydrogens (tertiary/aromatic N) is 1. The van der Waals surface area contributed by atoms with Crippen molar-refractivity contribution in [2.24, 2.45) is 11.3 Å². The molecular weight excluding hydrogens is 461 g/mol. The lowest BCUT2D eigenvalue weighted by Gasteiger charge is -2.43. The number of benzene rings is 1. The normalized spacial score (nSPS) is 39.9. The molecule has 0 aromatic heterocycles. The monoisotopic (exact) mass is 496 g/mol. The van der Waals surface area contributed by atoms with Crippen LogP contribution in [-0.4, -0.2) is 67.0 Å². The summed E-state index contributed by atoms with van der Waals surface area (Å²) in [6.45, 7) is 3.54. The standard InChI is InChI=1S/C26H35F3N2O4/c1-16-21-14-25(33,18-5-3-4-6-19(18)26(27,28)29)10-11-31(21)23(32)24(16)9-7-17(13-24)30-20-8-12-35-15-22(20)34-2/h3-6,16-17,20-22,30,33H,7-15H2,1-2H3/t16?,17?,20?,21?,22?,24-,25?/m0/s1. The van der Waals surface area contributed by atoms with Crippen LogP contribution in [0.5, 0.6) is 0 Å². The van der Waals surface area contributed by atoms with Crippen LogP contribution in [0.4, 0.5) is 13.2 Å². The smallest absolute Gasteiger partial charge is 0.385 e. The quantitative estimate of drug-likeness (QED) is 0.668. The number of aliphatic hydroxyl groups is 1. The first-order valence-electron chi connectivity index (χ1n) is 12.7. The van der Waals surface area contributed by atoms with Gasteiger partial charge in [-0.2, -0.15) is 13.2 Å². The molecule has 35 heavy (non-hydrogen) atoms. The lowest BCUT2D eigenvalue weighted by Crippen LogP contribution is -2.51. The van der Waals surface area contributed by atoms with Gasteiger partial charge in [0.15, 0.2) is 0 Å². The first-order valence-corrected chi connectivity index (χ1v) is 12.7. The van der Waals surface area contributed by atoms with E-state index < -0.39 is 22.8 Å². The minimum atomic E-state index is -4.55. The van der Waals surface area contributed by atoms with Gasteiger partial charge in [-0.3, -0.25) is 4.79 Å². The number of hydrogen-bond donors (Lipinski definition) is 2. The fourth-order valence-corrected chi connectivity index (χ4v) is 7.22. The van der Waals surface area contributed by atoms with Gasteiger partial charge < -0.3 is 24.8 Å². The molecule has 2 N–H and O–H groups in total. The Hall–Kier alpha value is -1.68. The number of amides is 1. The maximum atomic E-state index is 13.7. The highest BCUT2D eigenvalue weighted by Gasteiger charge is 2.62. The highest BCUT2D eigenvalue weighted by Crippen LogP contribution is 2.56. The number of ether oxygens (including phenoxy) is 2. The lowest BCUT2D eigenvalue weighted by atomic mass is 9.71. The van der Waals surface area contributed by atoms with Gasteiger partial charge in [-0.1, -0.05) is 25.1 Å². The Bertz CT molecular complexity index is 959. The Labute approximate surface area is 204 Å². The molecule has 1 saturated carbocycles. The molecule has 0 radical (unpaired) electrons. The number of carbonyl (C=O) groups excluding carboxylic acids is 1. The van der Waals surface area contributed by atoms with Gasteiger partial charge in [0.1, 0.15) is 0 Å². The van der Waals surface area contributed by atoms with Crippen LogP contribution in [0.2, 0.25) is 0 Å². The summed E-state index contributed by atoms with van der Waals surface area (Å²) in [6, 6.07) is 5.36. The summed E-state index contributed by atoms with van der Waals surface area (Å²) < 4.78 is 52.2. The third kappa shape index (κ3) is 4.18. The van der Waals surface area contributed by atoms with E-state index >= 15 is 0 Å². The van der Waals surface area contributed by atoms with Crippen molar-refractivity contribution < 1.29 is 32.5 Å². The van der Waals surface area contributed by atoms with Crippen LogP contribution in [0.3, 0.4) is 0 Å². The van der Waals surface area contributed by atoms with E-state index in [0.717, 1.165) is 25.3 Å². The number of piperidine rings is 1. The highest BCUT2D eigenvalue weighted by atomic mass is 19.4. The molecule has 3 aliphatic heterocycles. The van der Waals surface area contributed by atoms with Crippen LogP contribution >= 0.6 is 0 Å². The zero-order valence-electron chi connectivity index (χ0n) is 20.3. The molecule has 194 valence electrons. The second-order valence-electron chi connectivity index (χ2n) is 10.9. The van der Waals surface area contributed by atoms with Crippen molar-refractivity contribution in [3.8, 4) is 0 Å². The van der Waals surface area contributed by atoms with Gasteiger partial charge in [0, 0.05) is 44.8 Å². The molecule has 1 spiro atoms. The fourth-order valence-electron chi connectivity index (χ4n) is 7.22. The van der Waals surface area contributed by atoms with E-state index in [2.05, 4.69) is 5.32 Å². The van der Waals surface area contributed by atoms with Gasteiger partial charge in [-0.05, 0) is 49.7 Å². The fraction of sp³-hybridized carbons (Fsp3) is 0.731. The van der Waals surface area contributed by atoms with E-state index in [0.29, 0.717) is 19.6 Å². The Kier molecular flexibility index (Phi) is 6.43. The lowest BCUT2D eigenvalue weighted by molar-refractivity contribution is -0.146. The van der Waals surface area contributed by atoms with Gasteiger partial charge in [0.25, 0.3) is 0 Å². The van der Waals surface area contributed by atoms with Crippen LogP contribution < -0.4 is 5.32 Å². The second-order valence-corrected chi connectivity index (χ2v) is 10.9. The number of fused-ring (bicyclic) bond motifs is 1. The van der Waals surface area contributed by atoms with Gasteiger partial charge in [0.2, 0.25) is 5.91 Å². The van der Waals surface area contributed by atoms with Crippen molar-refractivity contribution in [1.29, 1.82) is 0 Å². The van der Waals surface area contributed by atoms with E-state index in [1.54, 1.807) is 7.11 Å². The highest BCUT2D eigenvalue weighted by molar-refractivity contribution is 5.86. The Morgan fingerprint density at radius 2 is 1.97 bits per heavy atom. The molecule has 6 nitrogen and oxygen atoms in total. The minimum absolute atomic E-state index is 0.0213. The third-order valence-electron chi connectivity index (χ3n) is 9.19. The predicted molar refractivity (Wildman–Crippen MR) is 122 cm³/mol. The van der Waals surface area contributed by atoms with E-state index in [-0.39, 0.29) is 61.0 Å². The van der Waals surface area contributed by atoms with Crippen molar-refractivity contribution in [2.75, 3.05) is 26.9 Å². The predicted octanol–water partition coefficient (Wildman–Crippen LogP) is 3.47. The van der Waals surface area contributed by atoms with Crippen LogP contribution in [0, 0.1) is 11.3 Å². The molecule has 7 atom stereocenters. The minimum Gasteiger partial charge on any atom is -0.385 e. The van der Waals surface area contributed by atoms with Crippen LogP contribution in [-0.2, 0) is 26.0 Å². The summed E-state index contributed by atoms with van der Waals surface area (Å²) in [5, 5.41) is 15.2. The summed E-state index contributed by atoms with van der Waals surface area (Å²) in [6.07, 6.45) is -1.18. The largest absolute Gasteiger partial charge is 0.416 e. The van der Waals surface area contributed by atoms with Crippen molar-refractivity contribution in [1.82, 2.24) is 10.2 Å². The van der Waals surface area contributed by atoms with E-state index in [1.165, 1.54) is 18.2 Å². The second kappa shape index (κ2) is 9.01. The molecule has 1 aromatic rings. The molecule has 0 bridgehead atoms. The molecule has 1 aliphatic carbocycles. The Balaban J connectivity index is 1.34. The molecule has 9 heteroatoms. The molecule has 3 saturated heterocycles. The third-order valence-corrected chi connectivity index (χ3v) is 9.19. The van der Waals surface area contributed by atoms with Crippen molar-refractivity contribution in [3.63, 3.8) is 0 Å². The van der Waals surface area contributed by atoms with Gasteiger partial charge in [0.05, 0.1) is 29.3 Å². The average molecular weight is 497 g/mol. The number of carbonyl (C=O) groups is 1. The summed E-state index contributed by atoms with van der Waals surface area (Å²) in [4.78, 5) is 15.5. The molecule has 5 rings (SSSR count). The van der Waals surface area contributed by atoms with Crippen LogP contribution in [0.15, 0.2) is 24.3 Å². The number of methoxy groups -OCH3 is 1. The maximum absolute atomic E-state index is 13.7. The average Bonchev–Trinajstić information content (AvgIpc) is 3.35. The number of halogens is 3. The van der Waals surface area contributed by atoms with E-state index in [9.17, 15) is 23.1 Å². The number of alkyl halides is 3. The first-order chi connectivity index (χ1) is 16.6. The number of nitrogens with one attached hydrogen (secondary N) is 1. The van der Waals surface area contributed by atoms with E-state index in [1.807, 2.05) is 11.8 Å². The molecule has 1 amide bonds. The van der Waals surface area contributed by atoms with E-state index in [4.69, 9.17) is 9.47 Å². The van der Waals surface area contributed by atoms with Crippen molar-refractivity contribution in [2.45, 2.75) is 81.5 Å². The molecule has 4 fully saturated rings. The summed E-state index contributed by atoms with van der Waals surface area (Å²) >= 11 is 0. The van der Waals surface area contributed by atoms with Crippen LogP contribution in [0.1, 0.15) is 56.6 Å². The van der Waals surface area contributed by atoms with Gasteiger partial charge >= 0.3 is 6.18 Å². The zero-order valence-corrected chi connectivity index (χ0v) is 20.3. The Morgan fingerprint density at radius 3 is 2.71 bits per heavy atom. The Morgan fingerprint density at radius 1 is 1.20 bits per heavy atom. The zero-order chi connectivity index (χ0) is 25.0.